The largest absolute Gasteiger partial charge is 0.333 e. The normalized spacial score (nSPS) is 24.4. The highest BCUT2D eigenvalue weighted by Crippen LogP contribution is 2.40. The van der Waals surface area contributed by atoms with Crippen molar-refractivity contribution in [1.82, 2.24) is 14.2 Å². The van der Waals surface area contributed by atoms with Gasteiger partial charge in [0.2, 0.25) is 21.8 Å². The van der Waals surface area contributed by atoms with Crippen LogP contribution in [0.5, 0.6) is 0 Å². The van der Waals surface area contributed by atoms with E-state index in [2.05, 4.69) is 10.3 Å². The van der Waals surface area contributed by atoms with E-state index in [1.54, 1.807) is 11.0 Å². The van der Waals surface area contributed by atoms with Gasteiger partial charge in [0.1, 0.15) is 5.82 Å². The Morgan fingerprint density at radius 3 is 2.57 bits per heavy atom. The molecule has 0 radical (unpaired) electrons. The minimum absolute atomic E-state index is 0.262. The van der Waals surface area contributed by atoms with Crippen LogP contribution in [0.2, 0.25) is 0 Å². The van der Waals surface area contributed by atoms with Gasteiger partial charge >= 0.3 is 0 Å². The highest BCUT2D eigenvalue weighted by molar-refractivity contribution is 7.88. The lowest BCUT2D eigenvalue weighted by Crippen LogP contribution is -2.43. The zero-order valence-corrected chi connectivity index (χ0v) is 16.9. The first-order valence-corrected chi connectivity index (χ1v) is 11.1. The second-order valence-corrected chi connectivity index (χ2v) is 9.11. The maximum Gasteiger partial charge on any atom is 0.255 e. The molecule has 2 aliphatic heterocycles. The molecule has 1 N–H and O–H groups in total. The molecular formula is C18H24N4O5S. The van der Waals surface area contributed by atoms with Crippen molar-refractivity contribution in [2.24, 2.45) is 5.92 Å². The quantitative estimate of drug-likeness (QED) is 0.772. The molecule has 10 heteroatoms. The van der Waals surface area contributed by atoms with Crippen molar-refractivity contribution in [3.63, 3.8) is 0 Å². The predicted molar refractivity (Wildman–Crippen MR) is 102 cm³/mol. The van der Waals surface area contributed by atoms with Crippen LogP contribution in [0, 0.1) is 5.92 Å². The van der Waals surface area contributed by atoms with E-state index in [0.717, 1.165) is 10.6 Å². The summed E-state index contributed by atoms with van der Waals surface area (Å²) < 4.78 is 25.3. The second-order valence-electron chi connectivity index (χ2n) is 7.25. The highest BCUT2D eigenvalue weighted by Gasteiger charge is 2.57. The number of rotatable bonds is 5. The van der Waals surface area contributed by atoms with E-state index in [9.17, 15) is 22.8 Å². The summed E-state index contributed by atoms with van der Waals surface area (Å²) in [6.07, 6.45) is 4.07. The van der Waals surface area contributed by atoms with Crippen molar-refractivity contribution in [1.29, 1.82) is 0 Å². The fourth-order valence-electron chi connectivity index (χ4n) is 4.21. The van der Waals surface area contributed by atoms with Crippen LogP contribution in [0.1, 0.15) is 43.5 Å². The molecule has 0 aromatic carbocycles. The first kappa shape index (κ1) is 20.2. The van der Waals surface area contributed by atoms with Gasteiger partial charge in [-0.15, -0.1) is 0 Å². The summed E-state index contributed by atoms with van der Waals surface area (Å²) in [5.74, 6) is -1.16. The Morgan fingerprint density at radius 1 is 1.32 bits per heavy atom. The Morgan fingerprint density at radius 2 is 2.04 bits per heavy atom. The van der Waals surface area contributed by atoms with Crippen LogP contribution < -0.4 is 5.32 Å². The molecule has 3 heterocycles. The summed E-state index contributed by atoms with van der Waals surface area (Å²) >= 11 is 0. The lowest BCUT2D eigenvalue weighted by atomic mass is 9.94. The molecule has 0 saturated carbocycles. The smallest absolute Gasteiger partial charge is 0.255 e. The Bertz CT molecular complexity index is 899. The van der Waals surface area contributed by atoms with Gasteiger partial charge in [0, 0.05) is 19.7 Å². The number of carbonyl (C=O) groups excluding carboxylic acids is 3. The number of aromatic nitrogens is 1. The van der Waals surface area contributed by atoms with Crippen molar-refractivity contribution in [2.45, 2.75) is 45.2 Å². The topological polar surface area (TPSA) is 117 Å². The Kier molecular flexibility index (Phi) is 5.42. The van der Waals surface area contributed by atoms with Crippen LogP contribution >= 0.6 is 0 Å². The lowest BCUT2D eigenvalue weighted by molar-refractivity contribution is -0.128. The van der Waals surface area contributed by atoms with Crippen molar-refractivity contribution in [2.75, 3.05) is 18.1 Å². The summed E-state index contributed by atoms with van der Waals surface area (Å²) in [7, 11) is -3.69. The lowest BCUT2D eigenvalue weighted by Gasteiger charge is -2.27. The molecular weight excluding hydrogens is 384 g/mol. The van der Waals surface area contributed by atoms with Gasteiger partial charge in [-0.3, -0.25) is 14.4 Å². The molecule has 9 nitrogen and oxygen atoms in total. The van der Waals surface area contributed by atoms with Crippen molar-refractivity contribution < 1.29 is 22.8 Å². The third-order valence-electron chi connectivity index (χ3n) is 5.20. The number of anilines is 1. The molecule has 0 unspecified atom stereocenters. The van der Waals surface area contributed by atoms with Crippen molar-refractivity contribution >= 4 is 33.6 Å². The molecule has 0 aliphatic carbocycles. The van der Waals surface area contributed by atoms with Crippen LogP contribution in [-0.4, -0.2) is 65.2 Å². The number of hydrogen-bond donors (Lipinski definition) is 1. The monoisotopic (exact) mass is 408 g/mol. The number of nitrogens with one attached hydrogen (secondary N) is 1. The number of amides is 3. The second kappa shape index (κ2) is 7.50. The number of hydrogen-bond acceptors (Lipinski definition) is 6. The van der Waals surface area contributed by atoms with Gasteiger partial charge in [0.05, 0.1) is 29.8 Å². The number of likely N-dealkylation sites (tertiary alicyclic amines) is 1. The number of sulfonamides is 1. The fourth-order valence-corrected chi connectivity index (χ4v) is 5.39. The standard InChI is InChI=1S/C18H24N4O5S/c1-4-5-13-16-14(22(18(13)25)28(3,26)27)8-9-21(16)17(24)12-6-7-15(19-10-12)20-11(2)23/h6-7,10,13-14,16H,4-5,8-9H2,1-3H3,(H,19,20,23)/t13-,14+,16-/m1/s1. The molecule has 2 saturated heterocycles. The SMILES string of the molecule is CCC[C@H]1C(=O)N(S(C)(=O)=O)[C@H]2CCN(C(=O)c3ccc(NC(C)=O)nc3)[C@H]12. The average molecular weight is 408 g/mol. The molecule has 152 valence electrons. The van der Waals surface area contributed by atoms with E-state index in [0.29, 0.717) is 37.2 Å². The third-order valence-corrected chi connectivity index (χ3v) is 6.37. The van der Waals surface area contributed by atoms with Gasteiger partial charge in [-0.1, -0.05) is 13.3 Å². The maximum atomic E-state index is 13.1. The summed E-state index contributed by atoms with van der Waals surface area (Å²) in [5.41, 5.74) is 0.329. The van der Waals surface area contributed by atoms with E-state index in [4.69, 9.17) is 0 Å². The van der Waals surface area contributed by atoms with Gasteiger partial charge < -0.3 is 10.2 Å². The van der Waals surface area contributed by atoms with Crippen LogP contribution in [0.25, 0.3) is 0 Å². The van der Waals surface area contributed by atoms with E-state index in [-0.39, 0.29) is 11.8 Å². The summed E-state index contributed by atoms with van der Waals surface area (Å²) in [6.45, 7) is 3.67. The molecule has 3 rings (SSSR count). The predicted octanol–water partition coefficient (Wildman–Crippen LogP) is 0.841. The number of carbonyl (C=O) groups is 3. The van der Waals surface area contributed by atoms with Crippen LogP contribution in [0.3, 0.4) is 0 Å². The van der Waals surface area contributed by atoms with Gasteiger partial charge in [0.25, 0.3) is 5.91 Å². The minimum atomic E-state index is -3.69. The first-order chi connectivity index (χ1) is 13.1. The van der Waals surface area contributed by atoms with Gasteiger partial charge in [-0.2, -0.15) is 0 Å². The minimum Gasteiger partial charge on any atom is -0.333 e. The first-order valence-electron chi connectivity index (χ1n) is 9.23. The maximum absolute atomic E-state index is 13.1. The van der Waals surface area contributed by atoms with Gasteiger partial charge in [0.15, 0.2) is 0 Å². The molecule has 3 atom stereocenters. The van der Waals surface area contributed by atoms with E-state index >= 15 is 0 Å². The Balaban J connectivity index is 1.88. The highest BCUT2D eigenvalue weighted by atomic mass is 32.2. The van der Waals surface area contributed by atoms with Crippen LogP contribution in [-0.2, 0) is 19.6 Å². The Labute approximate surface area is 164 Å². The van der Waals surface area contributed by atoms with E-state index in [1.807, 2.05) is 6.92 Å². The van der Waals surface area contributed by atoms with Crippen LogP contribution in [0.4, 0.5) is 5.82 Å². The molecule has 28 heavy (non-hydrogen) atoms. The zero-order chi connectivity index (χ0) is 20.6. The van der Waals surface area contributed by atoms with Crippen LogP contribution in [0.15, 0.2) is 18.3 Å². The number of fused-ring (bicyclic) bond motifs is 1. The molecule has 2 fully saturated rings. The molecule has 2 aliphatic rings. The van der Waals surface area contributed by atoms with Crippen molar-refractivity contribution in [3.8, 4) is 0 Å². The summed E-state index contributed by atoms with van der Waals surface area (Å²) in [5, 5.41) is 2.54. The van der Waals surface area contributed by atoms with E-state index in [1.165, 1.54) is 19.2 Å². The van der Waals surface area contributed by atoms with Gasteiger partial charge in [-0.25, -0.2) is 17.7 Å². The zero-order valence-electron chi connectivity index (χ0n) is 16.1. The van der Waals surface area contributed by atoms with E-state index < -0.39 is 33.9 Å². The summed E-state index contributed by atoms with van der Waals surface area (Å²) in [4.78, 5) is 42.6. The molecule has 1 aromatic heterocycles. The molecule has 1 aromatic rings. The average Bonchev–Trinajstić information content (AvgIpc) is 3.13. The third kappa shape index (κ3) is 3.60. The molecule has 3 amide bonds. The number of nitrogens with zero attached hydrogens (tertiary/aromatic N) is 3. The fraction of sp³-hybridized carbons (Fsp3) is 0.556. The number of pyridine rings is 1. The summed E-state index contributed by atoms with van der Waals surface area (Å²) in [6, 6.07) is 2.11. The molecule has 0 bridgehead atoms. The van der Waals surface area contributed by atoms with Crippen molar-refractivity contribution in [3.05, 3.63) is 23.9 Å². The molecule has 0 spiro atoms. The van der Waals surface area contributed by atoms with Gasteiger partial charge in [-0.05, 0) is 25.0 Å². The Hall–Kier alpha value is -2.49.